The Labute approximate surface area is 328 Å². The first-order chi connectivity index (χ1) is 27.2. The first-order valence-electron chi connectivity index (χ1n) is 18.7. The lowest BCUT2D eigenvalue weighted by Gasteiger charge is -2.19. The zero-order valence-corrected chi connectivity index (χ0v) is 31.2. The molecule has 0 aliphatic rings. The van der Waals surface area contributed by atoms with Crippen molar-refractivity contribution in [1.82, 2.24) is 10.6 Å². The summed E-state index contributed by atoms with van der Waals surface area (Å²) in [6, 6.07) is 42.5. The van der Waals surface area contributed by atoms with Crippen LogP contribution >= 0.6 is 0 Å². The van der Waals surface area contributed by atoms with Crippen LogP contribution in [0.1, 0.15) is 39.8 Å². The summed E-state index contributed by atoms with van der Waals surface area (Å²) in [5, 5.41) is 5.66. The minimum atomic E-state index is -0.888. The monoisotopic (exact) mass is 748 g/mol. The van der Waals surface area contributed by atoms with E-state index in [9.17, 15) is 19.2 Å². The largest absolute Gasteiger partial charge is 0.368 e. The molecule has 0 heterocycles. The van der Waals surface area contributed by atoms with Crippen LogP contribution in [-0.4, -0.2) is 60.2 Å². The van der Waals surface area contributed by atoms with Gasteiger partial charge in [0.1, 0.15) is 24.2 Å². The minimum Gasteiger partial charge on any atom is -0.368 e. The molecule has 10 nitrogen and oxygen atoms in total. The van der Waals surface area contributed by atoms with Gasteiger partial charge in [0.15, 0.2) is 0 Å². The predicted molar refractivity (Wildman–Crippen MR) is 221 cm³/mol. The molecule has 5 aromatic rings. The van der Waals surface area contributed by atoms with Gasteiger partial charge < -0.3 is 22.1 Å². The number of primary amides is 2. The van der Waals surface area contributed by atoms with Crippen LogP contribution < -0.4 is 22.1 Å². The van der Waals surface area contributed by atoms with E-state index in [-0.39, 0.29) is 18.7 Å². The van der Waals surface area contributed by atoms with Crippen LogP contribution in [-0.2, 0) is 51.3 Å². The molecule has 0 aromatic heterocycles. The summed E-state index contributed by atoms with van der Waals surface area (Å²) < 4.78 is 0. The fraction of sp³-hybridized carbons (Fsp3) is 0.217. The summed E-state index contributed by atoms with van der Waals surface area (Å²) in [4.78, 5) is 61.2. The highest BCUT2D eigenvalue weighted by molar-refractivity contribution is 5.92. The second-order valence-corrected chi connectivity index (χ2v) is 13.6. The van der Waals surface area contributed by atoms with Crippen LogP contribution in [0.5, 0.6) is 0 Å². The van der Waals surface area contributed by atoms with Crippen molar-refractivity contribution in [2.24, 2.45) is 21.5 Å². The van der Waals surface area contributed by atoms with Gasteiger partial charge in [0, 0.05) is 31.9 Å². The molecule has 0 aliphatic carbocycles. The summed E-state index contributed by atoms with van der Waals surface area (Å²) in [5.41, 5.74) is 16.8. The number of nitrogens with two attached hydrogens (primary N) is 2. The predicted octanol–water partition coefficient (Wildman–Crippen LogP) is 4.76. The van der Waals surface area contributed by atoms with Gasteiger partial charge in [0.05, 0.1) is 0 Å². The molecule has 0 spiro atoms. The van der Waals surface area contributed by atoms with Gasteiger partial charge in [-0.1, -0.05) is 146 Å². The molecular formula is C46H48N6O4. The number of hydrogen-bond donors (Lipinski definition) is 4. The van der Waals surface area contributed by atoms with Crippen molar-refractivity contribution >= 4 is 36.1 Å². The van der Waals surface area contributed by atoms with E-state index in [1.54, 1.807) is 12.4 Å². The van der Waals surface area contributed by atoms with Crippen LogP contribution in [0, 0.1) is 0 Å². The van der Waals surface area contributed by atoms with Gasteiger partial charge in [-0.2, -0.15) is 0 Å². The molecule has 0 bridgehead atoms. The standard InChI is InChI=1S/C46H48N6O4/c47-43(53)39(28-34-15-5-1-6-16-34)51-45(55)41(30-36-19-9-3-10-20-36)49-26-14-25-33-23-13-24-38(27-33)32-50-42(31-37-21-11-4-12-22-37)46(56)52-40(44(48)54)29-35-17-7-2-8-18-35/h1-13,15-24,26-27,32,39-42H,14,25,28-31H2,(H2,47,53)(H2,48,54)(H,51,55)(H,52,56). The van der Waals surface area contributed by atoms with Crippen LogP contribution in [0.3, 0.4) is 0 Å². The molecule has 0 saturated heterocycles. The summed E-state index contributed by atoms with van der Waals surface area (Å²) in [6.07, 6.45) is 5.85. The van der Waals surface area contributed by atoms with Gasteiger partial charge in [-0.3, -0.25) is 29.2 Å². The third kappa shape index (κ3) is 13.3. The van der Waals surface area contributed by atoms with E-state index in [0.29, 0.717) is 25.7 Å². The minimum absolute atomic E-state index is 0.273. The van der Waals surface area contributed by atoms with Crippen LogP contribution in [0.2, 0.25) is 0 Å². The van der Waals surface area contributed by atoms with E-state index in [1.165, 1.54) is 0 Å². The maximum atomic E-state index is 13.6. The van der Waals surface area contributed by atoms with E-state index in [4.69, 9.17) is 16.5 Å². The number of carbonyl (C=O) groups is 4. The molecule has 0 fully saturated rings. The fourth-order valence-electron chi connectivity index (χ4n) is 6.22. The molecule has 0 saturated carbocycles. The molecule has 4 atom stereocenters. The fourth-order valence-corrected chi connectivity index (χ4v) is 6.22. The maximum absolute atomic E-state index is 13.6. The van der Waals surface area contributed by atoms with Crippen LogP contribution in [0.15, 0.2) is 156 Å². The Morgan fingerprint density at radius 2 is 0.893 bits per heavy atom. The van der Waals surface area contributed by atoms with Gasteiger partial charge in [0.2, 0.25) is 23.6 Å². The second-order valence-electron chi connectivity index (χ2n) is 13.6. The summed E-state index contributed by atoms with van der Waals surface area (Å²) in [7, 11) is 0. The molecular weight excluding hydrogens is 701 g/mol. The lowest BCUT2D eigenvalue weighted by molar-refractivity contribution is -0.128. The molecule has 4 amide bonds. The molecule has 10 heteroatoms. The Hall–Kier alpha value is -6.68. The third-order valence-electron chi connectivity index (χ3n) is 9.24. The van der Waals surface area contributed by atoms with E-state index in [0.717, 1.165) is 33.4 Å². The van der Waals surface area contributed by atoms with Gasteiger partial charge in [-0.05, 0) is 52.4 Å². The van der Waals surface area contributed by atoms with Gasteiger partial charge in [0.25, 0.3) is 0 Å². The van der Waals surface area contributed by atoms with E-state index in [1.807, 2.05) is 146 Å². The van der Waals surface area contributed by atoms with E-state index in [2.05, 4.69) is 15.6 Å². The summed E-state index contributed by atoms with van der Waals surface area (Å²) in [5.74, 6) is -2.00. The van der Waals surface area contributed by atoms with Crippen molar-refractivity contribution in [2.45, 2.75) is 62.7 Å². The lowest BCUT2D eigenvalue weighted by atomic mass is 10.0. The normalized spacial score (nSPS) is 13.4. The number of aliphatic imine (C=N–C) groups is 2. The topological polar surface area (TPSA) is 169 Å². The first-order valence-corrected chi connectivity index (χ1v) is 18.7. The van der Waals surface area contributed by atoms with Crippen LogP contribution in [0.25, 0.3) is 0 Å². The Morgan fingerprint density at radius 3 is 1.32 bits per heavy atom. The van der Waals surface area contributed by atoms with E-state index < -0.39 is 41.9 Å². The molecule has 286 valence electrons. The van der Waals surface area contributed by atoms with Crippen molar-refractivity contribution in [1.29, 1.82) is 0 Å². The number of benzene rings is 5. The Kier molecular flexibility index (Phi) is 15.4. The number of nitrogens with zero attached hydrogens (tertiary/aromatic N) is 2. The average molecular weight is 749 g/mol. The summed E-state index contributed by atoms with van der Waals surface area (Å²) in [6.45, 7) is 0. The molecule has 56 heavy (non-hydrogen) atoms. The molecule has 4 unspecified atom stereocenters. The Balaban J connectivity index is 1.25. The second kappa shape index (κ2) is 21.3. The number of carbonyl (C=O) groups excluding carboxylic acids is 4. The smallest absolute Gasteiger partial charge is 0.245 e. The number of rotatable bonds is 20. The van der Waals surface area contributed by atoms with Crippen molar-refractivity contribution in [2.75, 3.05) is 0 Å². The average Bonchev–Trinajstić information content (AvgIpc) is 3.21. The van der Waals surface area contributed by atoms with Crippen molar-refractivity contribution in [3.8, 4) is 0 Å². The third-order valence-corrected chi connectivity index (χ3v) is 9.24. The molecule has 5 rings (SSSR count). The number of nitrogens with one attached hydrogen (secondary N) is 2. The van der Waals surface area contributed by atoms with Crippen LogP contribution in [0.4, 0.5) is 0 Å². The highest BCUT2D eigenvalue weighted by Crippen LogP contribution is 2.13. The lowest BCUT2D eigenvalue weighted by Crippen LogP contribution is -2.49. The van der Waals surface area contributed by atoms with Gasteiger partial charge in [-0.15, -0.1) is 0 Å². The quantitative estimate of drug-likeness (QED) is 0.0843. The molecule has 6 N–H and O–H groups in total. The van der Waals surface area contributed by atoms with Crippen molar-refractivity contribution in [3.63, 3.8) is 0 Å². The number of amides is 4. The zero-order valence-electron chi connectivity index (χ0n) is 31.2. The van der Waals surface area contributed by atoms with Gasteiger partial charge >= 0.3 is 0 Å². The Bertz CT molecular complexity index is 2070. The molecule has 0 radical (unpaired) electrons. The van der Waals surface area contributed by atoms with Gasteiger partial charge in [-0.25, -0.2) is 0 Å². The Morgan fingerprint density at radius 1 is 0.500 bits per heavy atom. The SMILES string of the molecule is NC(=O)C(Cc1ccccc1)NC(=O)C(Cc1ccccc1)N=CCCc1cccc(C=NC(Cc2ccccc2)C(=O)NC(Cc2ccccc2)C(N)=O)c1. The van der Waals surface area contributed by atoms with Crippen molar-refractivity contribution in [3.05, 3.63) is 179 Å². The first kappa shape index (κ1) is 40.5. The maximum Gasteiger partial charge on any atom is 0.245 e. The highest BCUT2D eigenvalue weighted by atomic mass is 16.2. The molecule has 5 aromatic carbocycles. The highest BCUT2D eigenvalue weighted by Gasteiger charge is 2.26. The number of hydrogen-bond acceptors (Lipinski definition) is 6. The molecule has 0 aliphatic heterocycles. The van der Waals surface area contributed by atoms with E-state index >= 15 is 0 Å². The number of aryl methyl sites for hydroxylation is 1. The summed E-state index contributed by atoms with van der Waals surface area (Å²) >= 11 is 0. The van der Waals surface area contributed by atoms with Crippen molar-refractivity contribution < 1.29 is 19.2 Å². The zero-order chi connectivity index (χ0) is 39.5.